The van der Waals surface area contributed by atoms with Crippen LogP contribution in [0.4, 0.5) is 11.8 Å². The summed E-state index contributed by atoms with van der Waals surface area (Å²) in [6.45, 7) is 3.76. The Bertz CT molecular complexity index is 492. The molecule has 0 radical (unpaired) electrons. The average Bonchev–Trinajstić information content (AvgIpc) is 2.15. The van der Waals surface area contributed by atoms with Crippen LogP contribution in [0.2, 0.25) is 0 Å². The number of hydrogen-bond donors (Lipinski definition) is 2. The molecule has 2 heterocycles. The molecule has 0 saturated heterocycles. The fraction of sp³-hybridized carbons (Fsp3) is 0.500. The standard InChI is InChI=1S/C10H14N4O2/c1-5(2)14-7(15)4-3-6-8(14)12-10(11)13-9(6)16/h5H,3-4H2,1-2H3,(H3,11,12,13,16). The summed E-state index contributed by atoms with van der Waals surface area (Å²) in [5.41, 5.74) is 5.78. The molecular formula is C10H14N4O2. The minimum absolute atomic E-state index is 0.0139. The van der Waals surface area contributed by atoms with Crippen molar-refractivity contribution in [1.82, 2.24) is 9.97 Å². The number of anilines is 2. The maximum atomic E-state index is 11.8. The molecule has 0 saturated carbocycles. The van der Waals surface area contributed by atoms with Crippen LogP contribution in [0.3, 0.4) is 0 Å². The first-order chi connectivity index (χ1) is 7.50. The van der Waals surface area contributed by atoms with Gasteiger partial charge in [0.15, 0.2) is 0 Å². The zero-order chi connectivity index (χ0) is 11.9. The van der Waals surface area contributed by atoms with E-state index >= 15 is 0 Å². The smallest absolute Gasteiger partial charge is 0.257 e. The van der Waals surface area contributed by atoms with Gasteiger partial charge in [-0.2, -0.15) is 4.98 Å². The Morgan fingerprint density at radius 2 is 2.06 bits per heavy atom. The molecule has 1 aliphatic heterocycles. The third-order valence-corrected chi connectivity index (χ3v) is 2.61. The summed E-state index contributed by atoms with van der Waals surface area (Å²) in [6.07, 6.45) is 0.778. The molecule has 0 aliphatic carbocycles. The predicted molar refractivity (Wildman–Crippen MR) is 60.2 cm³/mol. The first-order valence-electron chi connectivity index (χ1n) is 5.21. The van der Waals surface area contributed by atoms with Crippen LogP contribution in [-0.4, -0.2) is 21.9 Å². The van der Waals surface area contributed by atoms with E-state index in [1.165, 1.54) is 4.90 Å². The number of fused-ring (bicyclic) bond motifs is 1. The van der Waals surface area contributed by atoms with Crippen LogP contribution in [0.5, 0.6) is 0 Å². The molecule has 1 aliphatic rings. The van der Waals surface area contributed by atoms with Crippen LogP contribution in [0, 0.1) is 0 Å². The number of amides is 1. The second kappa shape index (κ2) is 3.62. The third-order valence-electron chi connectivity index (χ3n) is 2.61. The van der Waals surface area contributed by atoms with Gasteiger partial charge in [0.1, 0.15) is 5.82 Å². The third kappa shape index (κ3) is 1.56. The van der Waals surface area contributed by atoms with E-state index in [1.54, 1.807) is 0 Å². The lowest BCUT2D eigenvalue weighted by atomic mass is 10.1. The number of nitrogens with zero attached hydrogens (tertiary/aromatic N) is 2. The molecule has 16 heavy (non-hydrogen) atoms. The summed E-state index contributed by atoms with van der Waals surface area (Å²) < 4.78 is 0. The highest BCUT2D eigenvalue weighted by atomic mass is 16.2. The molecule has 3 N–H and O–H groups in total. The summed E-state index contributed by atoms with van der Waals surface area (Å²) in [5, 5.41) is 0. The lowest BCUT2D eigenvalue weighted by molar-refractivity contribution is -0.119. The summed E-state index contributed by atoms with van der Waals surface area (Å²) in [4.78, 5) is 31.4. The van der Waals surface area contributed by atoms with Crippen LogP contribution in [0.15, 0.2) is 4.79 Å². The fourth-order valence-electron chi connectivity index (χ4n) is 1.93. The number of carbonyl (C=O) groups excluding carboxylic acids is 1. The molecule has 0 spiro atoms. The Balaban J connectivity index is 2.63. The Morgan fingerprint density at radius 3 is 2.69 bits per heavy atom. The zero-order valence-corrected chi connectivity index (χ0v) is 9.28. The second-order valence-corrected chi connectivity index (χ2v) is 4.11. The maximum Gasteiger partial charge on any atom is 0.257 e. The minimum atomic E-state index is -0.249. The van der Waals surface area contributed by atoms with Crippen LogP contribution in [-0.2, 0) is 11.2 Å². The number of nitrogen functional groups attached to an aromatic ring is 1. The van der Waals surface area contributed by atoms with Crippen LogP contribution in [0.25, 0.3) is 0 Å². The average molecular weight is 222 g/mol. The molecule has 86 valence electrons. The molecule has 0 fully saturated rings. The van der Waals surface area contributed by atoms with Gasteiger partial charge in [-0.05, 0) is 20.3 Å². The number of aromatic nitrogens is 2. The molecule has 0 atom stereocenters. The van der Waals surface area contributed by atoms with Gasteiger partial charge < -0.3 is 5.73 Å². The molecule has 2 rings (SSSR count). The van der Waals surface area contributed by atoms with E-state index < -0.39 is 0 Å². The van der Waals surface area contributed by atoms with E-state index in [-0.39, 0.29) is 23.5 Å². The minimum Gasteiger partial charge on any atom is -0.369 e. The van der Waals surface area contributed by atoms with Crippen molar-refractivity contribution in [1.29, 1.82) is 0 Å². The number of nitrogens with one attached hydrogen (secondary N) is 1. The van der Waals surface area contributed by atoms with Crippen LogP contribution in [0.1, 0.15) is 25.8 Å². The van der Waals surface area contributed by atoms with Crippen molar-refractivity contribution in [3.63, 3.8) is 0 Å². The largest absolute Gasteiger partial charge is 0.369 e. The predicted octanol–water partition coefficient (Wildman–Crippen LogP) is 0.0397. The van der Waals surface area contributed by atoms with Gasteiger partial charge in [-0.1, -0.05) is 0 Å². The molecule has 6 nitrogen and oxygen atoms in total. The van der Waals surface area contributed by atoms with Gasteiger partial charge in [-0.25, -0.2) is 0 Å². The Labute approximate surface area is 92.5 Å². The molecule has 6 heteroatoms. The number of carbonyl (C=O) groups is 1. The second-order valence-electron chi connectivity index (χ2n) is 4.11. The van der Waals surface area contributed by atoms with E-state index in [9.17, 15) is 9.59 Å². The van der Waals surface area contributed by atoms with Crippen molar-refractivity contribution in [3.05, 3.63) is 15.9 Å². The zero-order valence-electron chi connectivity index (χ0n) is 9.28. The molecule has 1 aromatic rings. The van der Waals surface area contributed by atoms with Gasteiger partial charge >= 0.3 is 0 Å². The van der Waals surface area contributed by atoms with Crippen molar-refractivity contribution >= 4 is 17.7 Å². The van der Waals surface area contributed by atoms with E-state index in [1.807, 2.05) is 13.8 Å². The van der Waals surface area contributed by atoms with Crippen molar-refractivity contribution < 1.29 is 4.79 Å². The highest BCUT2D eigenvalue weighted by molar-refractivity contribution is 5.95. The van der Waals surface area contributed by atoms with E-state index in [2.05, 4.69) is 9.97 Å². The number of hydrogen-bond acceptors (Lipinski definition) is 4. The molecule has 1 amide bonds. The van der Waals surface area contributed by atoms with Crippen LogP contribution >= 0.6 is 0 Å². The number of aromatic amines is 1. The molecule has 0 unspecified atom stereocenters. The molecule has 1 aromatic heterocycles. The molecule has 0 aromatic carbocycles. The molecular weight excluding hydrogens is 208 g/mol. The molecule has 0 bridgehead atoms. The van der Waals surface area contributed by atoms with E-state index in [4.69, 9.17) is 5.73 Å². The quantitative estimate of drug-likeness (QED) is 0.701. The Kier molecular flexibility index (Phi) is 2.41. The topological polar surface area (TPSA) is 92.1 Å². The van der Waals surface area contributed by atoms with E-state index in [0.29, 0.717) is 24.2 Å². The van der Waals surface area contributed by atoms with Gasteiger partial charge in [0.2, 0.25) is 11.9 Å². The van der Waals surface area contributed by atoms with Gasteiger partial charge in [0.25, 0.3) is 5.56 Å². The lowest BCUT2D eigenvalue weighted by Crippen LogP contribution is -2.43. The Hall–Kier alpha value is -1.85. The summed E-state index contributed by atoms with van der Waals surface area (Å²) in [5.74, 6) is 0.441. The van der Waals surface area contributed by atoms with Crippen molar-refractivity contribution in [2.24, 2.45) is 0 Å². The number of rotatable bonds is 1. The lowest BCUT2D eigenvalue weighted by Gasteiger charge is -2.30. The van der Waals surface area contributed by atoms with Gasteiger partial charge in [-0.3, -0.25) is 19.5 Å². The normalized spacial score (nSPS) is 15.4. The SMILES string of the molecule is CC(C)N1C(=O)CCc2c1nc(N)[nH]c2=O. The highest BCUT2D eigenvalue weighted by Crippen LogP contribution is 2.25. The van der Waals surface area contributed by atoms with Gasteiger partial charge in [-0.15, -0.1) is 0 Å². The summed E-state index contributed by atoms with van der Waals surface area (Å²) in [6, 6.07) is -0.0275. The fourth-order valence-corrected chi connectivity index (χ4v) is 1.93. The van der Waals surface area contributed by atoms with Crippen LogP contribution < -0.4 is 16.2 Å². The maximum absolute atomic E-state index is 11.8. The van der Waals surface area contributed by atoms with Crippen molar-refractivity contribution in [2.75, 3.05) is 10.6 Å². The van der Waals surface area contributed by atoms with Crippen molar-refractivity contribution in [2.45, 2.75) is 32.7 Å². The van der Waals surface area contributed by atoms with E-state index in [0.717, 1.165) is 0 Å². The monoisotopic (exact) mass is 222 g/mol. The highest BCUT2D eigenvalue weighted by Gasteiger charge is 2.29. The Morgan fingerprint density at radius 1 is 1.38 bits per heavy atom. The van der Waals surface area contributed by atoms with Gasteiger partial charge in [0, 0.05) is 12.5 Å². The number of nitrogens with two attached hydrogens (primary N) is 1. The number of H-pyrrole nitrogens is 1. The first-order valence-corrected chi connectivity index (χ1v) is 5.21. The van der Waals surface area contributed by atoms with Crippen molar-refractivity contribution in [3.8, 4) is 0 Å². The van der Waals surface area contributed by atoms with Gasteiger partial charge in [0.05, 0.1) is 5.56 Å². The summed E-state index contributed by atoms with van der Waals surface area (Å²) in [7, 11) is 0. The first kappa shape index (κ1) is 10.7. The summed E-state index contributed by atoms with van der Waals surface area (Å²) >= 11 is 0.